The lowest BCUT2D eigenvalue weighted by Gasteiger charge is -2.21. The van der Waals surface area contributed by atoms with Gasteiger partial charge in [0.05, 0.1) is 0 Å². The van der Waals surface area contributed by atoms with Crippen molar-refractivity contribution in [3.8, 4) is 0 Å². The summed E-state index contributed by atoms with van der Waals surface area (Å²) in [5.74, 6) is 2.46. The van der Waals surface area contributed by atoms with Gasteiger partial charge in [0.1, 0.15) is 6.29 Å². The molecule has 0 saturated carbocycles. The lowest BCUT2D eigenvalue weighted by Crippen LogP contribution is -2.45. The molecule has 0 rings (SSSR count). The fourth-order valence-corrected chi connectivity index (χ4v) is 2.32. The van der Waals surface area contributed by atoms with Crippen LogP contribution in [0, 0.1) is 17.8 Å². The molecule has 3 nitrogen and oxygen atoms in total. The highest BCUT2D eigenvalue weighted by Gasteiger charge is 2.12. The van der Waals surface area contributed by atoms with Crippen molar-refractivity contribution in [3.05, 3.63) is 0 Å². The third-order valence-corrected chi connectivity index (χ3v) is 2.78. The zero-order chi connectivity index (χ0) is 12.6. The van der Waals surface area contributed by atoms with Gasteiger partial charge in [-0.3, -0.25) is 5.32 Å². The number of nitrogens with one attached hydrogen (secondary N) is 1. The predicted molar refractivity (Wildman–Crippen MR) is 71.8 cm³/mol. The van der Waals surface area contributed by atoms with Crippen LogP contribution in [0.25, 0.3) is 0 Å². The molecular formula is C13H31N3. The second-order valence-corrected chi connectivity index (χ2v) is 5.75. The van der Waals surface area contributed by atoms with E-state index < -0.39 is 0 Å². The third-order valence-electron chi connectivity index (χ3n) is 2.78. The van der Waals surface area contributed by atoms with Gasteiger partial charge in [-0.2, -0.15) is 0 Å². The first-order chi connectivity index (χ1) is 7.41. The standard InChI is InChI=1S/C13H31N3/c1-10(2)8-12(9-11(3)4)6-5-7-16-13(14)15/h10-13,16H,5-9,14-15H2,1-4H3. The minimum Gasteiger partial charge on any atom is -0.304 e. The van der Waals surface area contributed by atoms with Crippen LogP contribution in [0.2, 0.25) is 0 Å². The molecule has 0 heterocycles. The number of rotatable bonds is 9. The van der Waals surface area contributed by atoms with Gasteiger partial charge in [0, 0.05) is 0 Å². The van der Waals surface area contributed by atoms with Crippen molar-refractivity contribution in [2.45, 2.75) is 59.7 Å². The lowest BCUT2D eigenvalue weighted by molar-refractivity contribution is 0.315. The summed E-state index contributed by atoms with van der Waals surface area (Å²) in [6.07, 6.45) is 4.78. The molecule has 0 aromatic heterocycles. The fourth-order valence-electron chi connectivity index (χ4n) is 2.32. The minimum atomic E-state index is -0.367. The van der Waals surface area contributed by atoms with E-state index in [9.17, 15) is 0 Å². The maximum Gasteiger partial charge on any atom is 0.106 e. The van der Waals surface area contributed by atoms with Crippen molar-refractivity contribution in [3.63, 3.8) is 0 Å². The minimum absolute atomic E-state index is 0.367. The summed E-state index contributed by atoms with van der Waals surface area (Å²) in [6.45, 7) is 10.2. The molecule has 3 heteroatoms. The van der Waals surface area contributed by atoms with Gasteiger partial charge in [-0.15, -0.1) is 0 Å². The molecular weight excluding hydrogens is 198 g/mol. The van der Waals surface area contributed by atoms with Crippen molar-refractivity contribution in [2.75, 3.05) is 6.54 Å². The van der Waals surface area contributed by atoms with E-state index in [4.69, 9.17) is 11.5 Å². The maximum atomic E-state index is 5.44. The zero-order valence-corrected chi connectivity index (χ0v) is 11.5. The molecule has 0 radical (unpaired) electrons. The van der Waals surface area contributed by atoms with Crippen molar-refractivity contribution in [1.29, 1.82) is 0 Å². The summed E-state index contributed by atoms with van der Waals surface area (Å²) in [6, 6.07) is 0. The summed E-state index contributed by atoms with van der Waals surface area (Å²) in [4.78, 5) is 0. The number of hydrogen-bond acceptors (Lipinski definition) is 3. The Kier molecular flexibility index (Phi) is 8.90. The topological polar surface area (TPSA) is 64.1 Å². The Hall–Kier alpha value is -0.120. The van der Waals surface area contributed by atoms with Crippen LogP contribution in [-0.2, 0) is 0 Å². The monoisotopic (exact) mass is 229 g/mol. The van der Waals surface area contributed by atoms with E-state index in [1.165, 1.54) is 25.7 Å². The largest absolute Gasteiger partial charge is 0.304 e. The molecule has 98 valence electrons. The first kappa shape index (κ1) is 15.9. The highest BCUT2D eigenvalue weighted by atomic mass is 15.1. The van der Waals surface area contributed by atoms with Crippen LogP contribution in [0.5, 0.6) is 0 Å². The maximum absolute atomic E-state index is 5.44. The van der Waals surface area contributed by atoms with E-state index in [1.54, 1.807) is 0 Å². The number of nitrogens with two attached hydrogens (primary N) is 2. The molecule has 0 saturated heterocycles. The molecule has 0 aromatic rings. The van der Waals surface area contributed by atoms with Crippen LogP contribution in [0.15, 0.2) is 0 Å². The Labute approximate surface area is 101 Å². The SMILES string of the molecule is CC(C)CC(CCCNC(N)N)CC(C)C. The Balaban J connectivity index is 3.73. The molecule has 5 N–H and O–H groups in total. The quantitative estimate of drug-likeness (QED) is 0.420. The van der Waals surface area contributed by atoms with Gasteiger partial charge >= 0.3 is 0 Å². The van der Waals surface area contributed by atoms with E-state index in [0.29, 0.717) is 0 Å². The highest BCUT2D eigenvalue weighted by molar-refractivity contribution is 4.65. The smallest absolute Gasteiger partial charge is 0.106 e. The van der Waals surface area contributed by atoms with Crippen LogP contribution in [0.3, 0.4) is 0 Å². The summed E-state index contributed by atoms with van der Waals surface area (Å²) < 4.78 is 0. The fraction of sp³-hybridized carbons (Fsp3) is 1.00. The first-order valence-electron chi connectivity index (χ1n) is 6.66. The second-order valence-electron chi connectivity index (χ2n) is 5.75. The Bertz CT molecular complexity index is 145. The van der Waals surface area contributed by atoms with E-state index in [1.807, 2.05) is 0 Å². The predicted octanol–water partition coefficient (Wildman–Crippen LogP) is 2.27. The van der Waals surface area contributed by atoms with E-state index in [-0.39, 0.29) is 6.29 Å². The van der Waals surface area contributed by atoms with Gasteiger partial charge < -0.3 is 11.5 Å². The summed E-state index contributed by atoms with van der Waals surface area (Å²) in [5.41, 5.74) is 10.9. The average molecular weight is 229 g/mol. The Morgan fingerprint density at radius 3 is 1.81 bits per heavy atom. The molecule has 0 atom stereocenters. The summed E-state index contributed by atoms with van der Waals surface area (Å²) in [7, 11) is 0. The molecule has 0 amide bonds. The van der Waals surface area contributed by atoms with Crippen molar-refractivity contribution in [2.24, 2.45) is 29.2 Å². The van der Waals surface area contributed by atoms with Gasteiger partial charge in [-0.1, -0.05) is 27.7 Å². The lowest BCUT2D eigenvalue weighted by atomic mass is 9.86. The van der Waals surface area contributed by atoms with Crippen molar-refractivity contribution in [1.82, 2.24) is 5.32 Å². The molecule has 0 aliphatic carbocycles. The molecule has 0 spiro atoms. The molecule has 0 aliphatic heterocycles. The molecule has 0 aliphatic rings. The van der Waals surface area contributed by atoms with Crippen molar-refractivity contribution >= 4 is 0 Å². The molecule has 0 aromatic carbocycles. The third kappa shape index (κ3) is 10.4. The normalized spacial score (nSPS) is 12.4. The van der Waals surface area contributed by atoms with E-state index in [2.05, 4.69) is 33.0 Å². The van der Waals surface area contributed by atoms with E-state index >= 15 is 0 Å². The Morgan fingerprint density at radius 2 is 1.44 bits per heavy atom. The van der Waals surface area contributed by atoms with Crippen LogP contribution in [0.1, 0.15) is 53.4 Å². The van der Waals surface area contributed by atoms with Gasteiger partial charge in [0.25, 0.3) is 0 Å². The first-order valence-corrected chi connectivity index (χ1v) is 6.66. The average Bonchev–Trinajstić information content (AvgIpc) is 2.09. The van der Waals surface area contributed by atoms with Crippen molar-refractivity contribution < 1.29 is 0 Å². The van der Waals surface area contributed by atoms with Crippen LogP contribution < -0.4 is 16.8 Å². The van der Waals surface area contributed by atoms with Gasteiger partial charge in [-0.05, 0) is 50.0 Å². The number of hydrogen-bond donors (Lipinski definition) is 3. The molecule has 0 unspecified atom stereocenters. The van der Waals surface area contributed by atoms with Gasteiger partial charge in [0.2, 0.25) is 0 Å². The molecule has 0 fully saturated rings. The van der Waals surface area contributed by atoms with E-state index in [0.717, 1.165) is 24.3 Å². The van der Waals surface area contributed by atoms with Crippen LogP contribution in [-0.4, -0.2) is 12.8 Å². The van der Waals surface area contributed by atoms with Crippen LogP contribution >= 0.6 is 0 Å². The second kappa shape index (κ2) is 8.97. The zero-order valence-electron chi connectivity index (χ0n) is 11.5. The molecule has 16 heavy (non-hydrogen) atoms. The highest BCUT2D eigenvalue weighted by Crippen LogP contribution is 2.24. The molecule has 0 bridgehead atoms. The summed E-state index contributed by atoms with van der Waals surface area (Å²) in [5, 5.41) is 3.06. The van der Waals surface area contributed by atoms with Gasteiger partial charge in [0.15, 0.2) is 0 Å². The van der Waals surface area contributed by atoms with Crippen LogP contribution in [0.4, 0.5) is 0 Å². The van der Waals surface area contributed by atoms with Gasteiger partial charge in [-0.25, -0.2) is 0 Å². The Morgan fingerprint density at radius 1 is 0.938 bits per heavy atom. The summed E-state index contributed by atoms with van der Waals surface area (Å²) >= 11 is 0.